The molecule has 3 N–H and O–H groups in total. The van der Waals surface area contributed by atoms with E-state index in [1.165, 1.54) is 19.3 Å². The number of aliphatic hydroxyl groups is 1. The Morgan fingerprint density at radius 3 is 2.36 bits per heavy atom. The number of amides is 2. The van der Waals surface area contributed by atoms with Gasteiger partial charge in [-0.25, -0.2) is 4.79 Å². The van der Waals surface area contributed by atoms with Gasteiger partial charge in [0, 0.05) is 25.3 Å². The van der Waals surface area contributed by atoms with Gasteiger partial charge in [0.05, 0.1) is 29.0 Å². The van der Waals surface area contributed by atoms with Crippen LogP contribution in [0.25, 0.3) is 0 Å². The lowest BCUT2D eigenvalue weighted by atomic mass is 9.85. The Bertz CT molecular complexity index is 1510. The van der Waals surface area contributed by atoms with Gasteiger partial charge in [0.2, 0.25) is 11.8 Å². The maximum atomic E-state index is 13.9. The van der Waals surface area contributed by atoms with Crippen LogP contribution in [0.4, 0.5) is 0 Å². The average molecular weight is 732 g/mol. The van der Waals surface area contributed by atoms with Gasteiger partial charge in [-0.15, -0.1) is 11.6 Å². The van der Waals surface area contributed by atoms with Gasteiger partial charge < -0.3 is 30.0 Å². The Balaban J connectivity index is 1.67. The molecule has 0 radical (unpaired) electrons. The molecule has 272 valence electrons. The number of cyclic esters (lactones) is 2. The highest BCUT2D eigenvalue weighted by Gasteiger charge is 2.45. The van der Waals surface area contributed by atoms with E-state index in [-0.39, 0.29) is 31.7 Å². The molecular weight excluding hydrogens is 683 g/mol. The van der Waals surface area contributed by atoms with Crippen molar-refractivity contribution < 1.29 is 38.5 Å². The summed E-state index contributed by atoms with van der Waals surface area (Å²) in [7, 11) is 1.50. The summed E-state index contributed by atoms with van der Waals surface area (Å²) in [5.74, 6) is -2.60. The molecule has 1 heterocycles. The summed E-state index contributed by atoms with van der Waals surface area (Å²) in [5.41, 5.74) is 0.328. The number of hydrogen-bond acceptors (Lipinski definition) is 8. The normalized spacial score (nSPS) is 24.4. The van der Waals surface area contributed by atoms with E-state index < -0.39 is 64.8 Å². The molecule has 12 heteroatoms. The summed E-state index contributed by atoms with van der Waals surface area (Å²) in [5, 5.41) is 16.6. The van der Waals surface area contributed by atoms with Crippen LogP contribution in [-0.2, 0) is 35.1 Å². The van der Waals surface area contributed by atoms with Crippen molar-refractivity contribution in [1.82, 2.24) is 10.6 Å². The van der Waals surface area contributed by atoms with Crippen molar-refractivity contribution in [2.24, 2.45) is 17.3 Å². The Labute approximate surface area is 304 Å². The summed E-state index contributed by atoms with van der Waals surface area (Å²) >= 11 is 13.0. The van der Waals surface area contributed by atoms with Crippen LogP contribution in [0.15, 0.2) is 60.7 Å². The number of carbonyl (C=O) groups is 4. The number of methoxy groups -OCH3 is 1. The van der Waals surface area contributed by atoms with Crippen LogP contribution in [0.2, 0.25) is 5.02 Å². The van der Waals surface area contributed by atoms with Gasteiger partial charge in [-0.1, -0.05) is 87.7 Å². The number of carbonyl (C=O) groups excluding carboxylic acids is 4. The predicted molar refractivity (Wildman–Crippen MR) is 191 cm³/mol. The van der Waals surface area contributed by atoms with E-state index in [1.807, 2.05) is 32.0 Å². The zero-order valence-corrected chi connectivity index (χ0v) is 30.5. The fourth-order valence-corrected chi connectivity index (χ4v) is 7.14. The third kappa shape index (κ3) is 10.2. The fraction of sp³-hybridized carbons (Fsp3) is 0.526. The zero-order chi connectivity index (χ0) is 36.4. The second kappa shape index (κ2) is 18.1. The molecule has 1 spiro atoms. The van der Waals surface area contributed by atoms with Gasteiger partial charge >= 0.3 is 11.9 Å². The smallest absolute Gasteiger partial charge is 0.347 e. The molecule has 2 amide bonds. The van der Waals surface area contributed by atoms with Crippen molar-refractivity contribution in [3.63, 3.8) is 0 Å². The summed E-state index contributed by atoms with van der Waals surface area (Å²) in [6.45, 7) is 5.50. The zero-order valence-electron chi connectivity index (χ0n) is 29.0. The fourth-order valence-electron chi connectivity index (χ4n) is 6.49. The van der Waals surface area contributed by atoms with Gasteiger partial charge in [-0.05, 0) is 54.5 Å². The largest absolute Gasteiger partial charge is 0.495 e. The molecule has 2 aliphatic rings. The van der Waals surface area contributed by atoms with Crippen LogP contribution in [0.5, 0.6) is 5.75 Å². The van der Waals surface area contributed by atoms with Crippen LogP contribution in [-0.4, -0.2) is 66.9 Å². The van der Waals surface area contributed by atoms with Gasteiger partial charge in [0.25, 0.3) is 0 Å². The molecular formula is C38H48Cl2N2O8. The van der Waals surface area contributed by atoms with Crippen molar-refractivity contribution in [2.75, 3.05) is 13.7 Å². The molecule has 1 aliphatic carbocycles. The van der Waals surface area contributed by atoms with Gasteiger partial charge in [0.15, 0.2) is 6.10 Å². The van der Waals surface area contributed by atoms with E-state index >= 15 is 0 Å². The number of hydrogen-bond donors (Lipinski definition) is 3. The number of benzene rings is 2. The Hall–Kier alpha value is -3.60. The minimum absolute atomic E-state index is 0.0206. The predicted octanol–water partition coefficient (Wildman–Crippen LogP) is 5.86. The maximum Gasteiger partial charge on any atom is 0.347 e. The first-order valence-electron chi connectivity index (χ1n) is 17.2. The number of nitrogens with one attached hydrogen (secondary N) is 2. The molecule has 0 aromatic heterocycles. The number of halogens is 2. The number of ether oxygens (including phenoxy) is 3. The highest BCUT2D eigenvalue weighted by molar-refractivity contribution is 6.32. The second-order valence-corrected chi connectivity index (χ2v) is 14.6. The molecule has 2 aromatic carbocycles. The van der Waals surface area contributed by atoms with E-state index in [1.54, 1.807) is 37.3 Å². The topological polar surface area (TPSA) is 140 Å². The van der Waals surface area contributed by atoms with Crippen molar-refractivity contribution >= 4 is 47.0 Å². The van der Waals surface area contributed by atoms with Crippen LogP contribution >= 0.6 is 23.2 Å². The minimum Gasteiger partial charge on any atom is -0.495 e. The lowest BCUT2D eigenvalue weighted by Crippen LogP contribution is -2.52. The molecule has 6 atom stereocenters. The first-order chi connectivity index (χ1) is 23.8. The number of alkyl halides is 1. The molecule has 2 aromatic rings. The molecule has 1 saturated carbocycles. The second-order valence-electron chi connectivity index (χ2n) is 13.7. The van der Waals surface area contributed by atoms with E-state index in [9.17, 15) is 24.3 Å². The molecule has 0 saturated heterocycles. The van der Waals surface area contributed by atoms with Crippen molar-refractivity contribution in [2.45, 2.75) is 95.4 Å². The Kier molecular flexibility index (Phi) is 14.2. The average Bonchev–Trinajstić information content (AvgIpc) is 3.59. The van der Waals surface area contributed by atoms with Gasteiger partial charge in [-0.3, -0.25) is 14.4 Å². The molecule has 0 bridgehead atoms. The maximum absolute atomic E-state index is 13.9. The minimum atomic E-state index is -1.21. The molecule has 1 aliphatic heterocycles. The van der Waals surface area contributed by atoms with E-state index in [0.717, 1.165) is 12.8 Å². The lowest BCUT2D eigenvalue weighted by Gasteiger charge is -2.33. The summed E-state index contributed by atoms with van der Waals surface area (Å²) < 4.78 is 17.2. The SMILES string of the molecule is COc1ccc(C[C@H]2NC(=O)/C=C/C[C@@H]([C@H](C)[C@@H](O)[C@@H](Cl)c3ccccc3)OC(=O)[C@H](CC(C)C)OC(=O)C3(CCCC3)CNC2=O)cc1Cl. The van der Waals surface area contributed by atoms with Crippen LogP contribution in [0, 0.1) is 17.3 Å². The van der Waals surface area contributed by atoms with Crippen LogP contribution < -0.4 is 15.4 Å². The Morgan fingerprint density at radius 1 is 1.02 bits per heavy atom. The van der Waals surface area contributed by atoms with E-state index in [4.69, 9.17) is 37.4 Å². The van der Waals surface area contributed by atoms with Crippen molar-refractivity contribution in [3.8, 4) is 5.75 Å². The van der Waals surface area contributed by atoms with E-state index in [2.05, 4.69) is 10.6 Å². The molecule has 1 fully saturated rings. The molecule has 0 unspecified atom stereocenters. The Morgan fingerprint density at radius 2 is 1.72 bits per heavy atom. The monoisotopic (exact) mass is 730 g/mol. The van der Waals surface area contributed by atoms with Gasteiger partial charge in [0.1, 0.15) is 17.9 Å². The highest BCUT2D eigenvalue weighted by Crippen LogP contribution is 2.40. The number of esters is 2. The van der Waals surface area contributed by atoms with Crippen molar-refractivity contribution in [3.05, 3.63) is 76.8 Å². The summed E-state index contributed by atoms with van der Waals surface area (Å²) in [6.07, 6.45) is 2.29. The third-order valence-corrected chi connectivity index (χ3v) is 10.3. The quantitative estimate of drug-likeness (QED) is 0.215. The van der Waals surface area contributed by atoms with E-state index in [0.29, 0.717) is 34.7 Å². The molecule has 50 heavy (non-hydrogen) atoms. The molecule has 4 rings (SSSR count). The summed E-state index contributed by atoms with van der Waals surface area (Å²) in [6, 6.07) is 13.2. The van der Waals surface area contributed by atoms with Gasteiger partial charge in [-0.2, -0.15) is 0 Å². The lowest BCUT2D eigenvalue weighted by molar-refractivity contribution is -0.181. The first kappa shape index (κ1) is 39.2. The highest BCUT2D eigenvalue weighted by atomic mass is 35.5. The molecule has 10 nitrogen and oxygen atoms in total. The number of aliphatic hydroxyl groups excluding tert-OH is 1. The first-order valence-corrected chi connectivity index (χ1v) is 18.0. The van der Waals surface area contributed by atoms with Crippen LogP contribution in [0.3, 0.4) is 0 Å². The number of rotatable bonds is 9. The third-order valence-electron chi connectivity index (χ3n) is 9.53. The van der Waals surface area contributed by atoms with Crippen molar-refractivity contribution in [1.29, 1.82) is 0 Å². The van der Waals surface area contributed by atoms with Crippen LogP contribution in [0.1, 0.15) is 75.8 Å². The standard InChI is InChI=1S/C38H48Cl2N2O8/c1-23(2)19-31-36(46)49-29(24(3)34(44)33(40)26-11-6-5-7-12-26)13-10-14-32(43)42-28(21-25-15-16-30(48-4)27(39)20-25)35(45)41-22-38(37(47)50-31)17-8-9-18-38/h5-7,10-12,14-16,20,23-24,28-29,31,33-34,44H,8-9,13,17-19,21-22H2,1-4H3,(H,41,45)(H,42,43)/b14-10+/t24-,28+,29-,31-,33-,34+/m0/s1. The summed E-state index contributed by atoms with van der Waals surface area (Å²) in [4.78, 5) is 54.6.